The van der Waals surface area contributed by atoms with Gasteiger partial charge >= 0.3 is 5.97 Å². The van der Waals surface area contributed by atoms with Crippen LogP contribution in [0.2, 0.25) is 5.02 Å². The Labute approximate surface area is 100 Å². The fourth-order valence-electron chi connectivity index (χ4n) is 1.38. The summed E-state index contributed by atoms with van der Waals surface area (Å²) in [5.41, 5.74) is 0.988. The van der Waals surface area contributed by atoms with Crippen LogP contribution < -0.4 is 5.32 Å². The van der Waals surface area contributed by atoms with Gasteiger partial charge in [-0.1, -0.05) is 36.7 Å². The molecule has 0 radical (unpaired) electrons. The van der Waals surface area contributed by atoms with E-state index in [0.29, 0.717) is 11.6 Å². The fourth-order valence-corrected chi connectivity index (χ4v) is 1.68. The van der Waals surface area contributed by atoms with E-state index in [1.807, 2.05) is 31.2 Å². The Kier molecular flexibility index (Phi) is 4.77. The van der Waals surface area contributed by atoms with Gasteiger partial charge in [-0.25, -0.2) is 0 Å². The molecule has 1 aromatic rings. The van der Waals surface area contributed by atoms with Crippen LogP contribution in [0.4, 0.5) is 0 Å². The highest BCUT2D eigenvalue weighted by Crippen LogP contribution is 2.22. The minimum Gasteiger partial charge on any atom is -0.481 e. The van der Waals surface area contributed by atoms with Crippen LogP contribution in [0, 0.1) is 5.92 Å². The van der Waals surface area contributed by atoms with E-state index in [9.17, 15) is 4.79 Å². The van der Waals surface area contributed by atoms with Crippen molar-refractivity contribution in [3.63, 3.8) is 0 Å². The lowest BCUT2D eigenvalue weighted by Gasteiger charge is -2.17. The third-order valence-corrected chi connectivity index (χ3v) is 2.87. The van der Waals surface area contributed by atoms with Crippen LogP contribution in [0.15, 0.2) is 24.3 Å². The van der Waals surface area contributed by atoms with Gasteiger partial charge in [-0.15, -0.1) is 0 Å². The van der Waals surface area contributed by atoms with Gasteiger partial charge in [0.1, 0.15) is 0 Å². The number of carboxylic acid groups (broad SMARTS) is 1. The average molecular weight is 242 g/mol. The summed E-state index contributed by atoms with van der Waals surface area (Å²) in [4.78, 5) is 10.6. The van der Waals surface area contributed by atoms with Crippen LogP contribution in [-0.2, 0) is 4.79 Å². The quantitative estimate of drug-likeness (QED) is 0.833. The maximum absolute atomic E-state index is 10.6. The van der Waals surface area contributed by atoms with Crippen molar-refractivity contribution in [2.75, 3.05) is 6.54 Å². The van der Waals surface area contributed by atoms with E-state index >= 15 is 0 Å². The van der Waals surface area contributed by atoms with E-state index in [2.05, 4.69) is 5.32 Å². The predicted octanol–water partition coefficient (Wildman–Crippen LogP) is 2.71. The van der Waals surface area contributed by atoms with Gasteiger partial charge in [0.2, 0.25) is 0 Å². The number of nitrogens with one attached hydrogen (secondary N) is 1. The van der Waals surface area contributed by atoms with Crippen molar-refractivity contribution < 1.29 is 9.90 Å². The highest BCUT2D eigenvalue weighted by Gasteiger charge is 2.13. The van der Waals surface area contributed by atoms with Crippen molar-refractivity contribution >= 4 is 17.6 Å². The molecule has 0 heterocycles. The van der Waals surface area contributed by atoms with Gasteiger partial charge in [0.05, 0.1) is 5.92 Å². The topological polar surface area (TPSA) is 49.3 Å². The first-order valence-electron chi connectivity index (χ1n) is 5.23. The first kappa shape index (κ1) is 13.0. The summed E-state index contributed by atoms with van der Waals surface area (Å²) in [6.07, 6.45) is 0. The molecule has 0 aliphatic heterocycles. The summed E-state index contributed by atoms with van der Waals surface area (Å²) < 4.78 is 0. The number of benzene rings is 1. The number of carboxylic acids is 1. The number of hydrogen-bond acceptors (Lipinski definition) is 2. The second-order valence-electron chi connectivity index (χ2n) is 3.89. The molecular formula is C12H16ClNO2. The third-order valence-electron chi connectivity index (χ3n) is 2.52. The summed E-state index contributed by atoms with van der Waals surface area (Å²) >= 11 is 6.04. The van der Waals surface area contributed by atoms with Gasteiger partial charge in [0.15, 0.2) is 0 Å². The van der Waals surface area contributed by atoms with Crippen LogP contribution in [0.3, 0.4) is 0 Å². The molecule has 1 rings (SSSR count). The standard InChI is InChI=1S/C12H16ClNO2/c1-8(12(15)16)7-14-9(2)10-5-3-4-6-11(10)13/h3-6,8-9,14H,7H2,1-2H3,(H,15,16)/t8?,9-/m0/s1. The van der Waals surface area contributed by atoms with Gasteiger partial charge in [-0.3, -0.25) is 4.79 Å². The first-order chi connectivity index (χ1) is 7.52. The second kappa shape index (κ2) is 5.87. The molecule has 1 aromatic carbocycles. The zero-order valence-electron chi connectivity index (χ0n) is 9.40. The number of rotatable bonds is 5. The number of carbonyl (C=O) groups is 1. The Balaban J connectivity index is 2.56. The van der Waals surface area contributed by atoms with Gasteiger partial charge < -0.3 is 10.4 Å². The summed E-state index contributed by atoms with van der Waals surface area (Å²) in [6.45, 7) is 4.08. The summed E-state index contributed by atoms with van der Waals surface area (Å²) in [6, 6.07) is 7.61. The van der Waals surface area contributed by atoms with Crippen molar-refractivity contribution in [2.24, 2.45) is 5.92 Å². The molecule has 0 aromatic heterocycles. The van der Waals surface area contributed by atoms with E-state index < -0.39 is 11.9 Å². The molecule has 0 saturated heterocycles. The average Bonchev–Trinajstić information content (AvgIpc) is 2.25. The van der Waals surface area contributed by atoms with E-state index in [1.54, 1.807) is 6.92 Å². The molecule has 2 N–H and O–H groups in total. The molecule has 0 aliphatic rings. The highest BCUT2D eigenvalue weighted by molar-refractivity contribution is 6.31. The maximum Gasteiger partial charge on any atom is 0.307 e. The molecule has 0 spiro atoms. The normalized spacial score (nSPS) is 14.4. The molecule has 2 atom stereocenters. The number of aliphatic carboxylic acids is 1. The van der Waals surface area contributed by atoms with Crippen LogP contribution in [0.25, 0.3) is 0 Å². The molecule has 0 aliphatic carbocycles. The molecular weight excluding hydrogens is 226 g/mol. The first-order valence-corrected chi connectivity index (χ1v) is 5.60. The molecule has 3 nitrogen and oxygen atoms in total. The van der Waals surface area contributed by atoms with Crippen molar-refractivity contribution in [1.82, 2.24) is 5.32 Å². The Morgan fingerprint density at radius 2 is 2.06 bits per heavy atom. The second-order valence-corrected chi connectivity index (χ2v) is 4.30. The maximum atomic E-state index is 10.6. The molecule has 0 amide bonds. The molecule has 1 unspecified atom stereocenters. The van der Waals surface area contributed by atoms with Crippen molar-refractivity contribution in [3.8, 4) is 0 Å². The van der Waals surface area contributed by atoms with E-state index in [-0.39, 0.29) is 6.04 Å². The number of halogens is 1. The van der Waals surface area contributed by atoms with Gasteiger partial charge in [0, 0.05) is 17.6 Å². The van der Waals surface area contributed by atoms with Crippen LogP contribution >= 0.6 is 11.6 Å². The monoisotopic (exact) mass is 241 g/mol. The molecule has 16 heavy (non-hydrogen) atoms. The van der Waals surface area contributed by atoms with Crippen LogP contribution in [0.1, 0.15) is 25.5 Å². The van der Waals surface area contributed by atoms with Crippen molar-refractivity contribution in [3.05, 3.63) is 34.9 Å². The molecule has 0 saturated carbocycles. The van der Waals surface area contributed by atoms with Crippen LogP contribution in [0.5, 0.6) is 0 Å². The largest absolute Gasteiger partial charge is 0.481 e. The Hall–Kier alpha value is -1.06. The minimum atomic E-state index is -0.793. The molecule has 0 fully saturated rings. The Morgan fingerprint density at radius 1 is 1.44 bits per heavy atom. The van der Waals surface area contributed by atoms with Gasteiger partial charge in [0.25, 0.3) is 0 Å². The Morgan fingerprint density at radius 3 is 2.62 bits per heavy atom. The molecule has 88 valence electrons. The third kappa shape index (κ3) is 3.51. The summed E-state index contributed by atoms with van der Waals surface area (Å²) in [5, 5.41) is 12.6. The van der Waals surface area contributed by atoms with E-state index in [1.165, 1.54) is 0 Å². The summed E-state index contributed by atoms with van der Waals surface area (Å²) in [7, 11) is 0. The van der Waals surface area contributed by atoms with E-state index in [0.717, 1.165) is 5.56 Å². The number of hydrogen-bond donors (Lipinski definition) is 2. The predicted molar refractivity (Wildman–Crippen MR) is 64.7 cm³/mol. The summed E-state index contributed by atoms with van der Waals surface area (Å²) in [5.74, 6) is -1.19. The zero-order valence-corrected chi connectivity index (χ0v) is 10.2. The smallest absolute Gasteiger partial charge is 0.307 e. The van der Waals surface area contributed by atoms with Gasteiger partial charge in [-0.05, 0) is 18.6 Å². The molecule has 4 heteroatoms. The van der Waals surface area contributed by atoms with Crippen molar-refractivity contribution in [2.45, 2.75) is 19.9 Å². The zero-order chi connectivity index (χ0) is 12.1. The fraction of sp³-hybridized carbons (Fsp3) is 0.417. The highest BCUT2D eigenvalue weighted by atomic mass is 35.5. The lowest BCUT2D eigenvalue weighted by molar-refractivity contribution is -0.140. The molecule has 0 bridgehead atoms. The van der Waals surface area contributed by atoms with E-state index in [4.69, 9.17) is 16.7 Å². The SMILES string of the molecule is CC(CN[C@@H](C)c1ccccc1Cl)C(=O)O. The van der Waals surface area contributed by atoms with Gasteiger partial charge in [-0.2, -0.15) is 0 Å². The minimum absolute atomic E-state index is 0.0514. The van der Waals surface area contributed by atoms with Crippen LogP contribution in [-0.4, -0.2) is 17.6 Å². The lowest BCUT2D eigenvalue weighted by Crippen LogP contribution is -2.28. The lowest BCUT2D eigenvalue weighted by atomic mass is 10.1. The Bertz CT molecular complexity index is 368. The van der Waals surface area contributed by atoms with Crippen molar-refractivity contribution in [1.29, 1.82) is 0 Å².